The quantitative estimate of drug-likeness (QED) is 0.207. The van der Waals surface area contributed by atoms with Crippen molar-refractivity contribution in [1.29, 1.82) is 0 Å². The Labute approximate surface area is 258 Å². The van der Waals surface area contributed by atoms with Gasteiger partial charge < -0.3 is 4.42 Å². The molecule has 0 spiro atoms. The van der Waals surface area contributed by atoms with E-state index in [2.05, 4.69) is 103 Å². The number of hydrogen-bond donors (Lipinski definition) is 0. The Morgan fingerprint density at radius 2 is 1.34 bits per heavy atom. The molecule has 9 rings (SSSR count). The number of allylic oxidation sites excluding steroid dienone is 4. The first-order valence-corrected chi connectivity index (χ1v) is 15.8. The molecule has 0 unspecified atom stereocenters. The summed E-state index contributed by atoms with van der Waals surface area (Å²) in [6.07, 6.45) is 9.00. The van der Waals surface area contributed by atoms with Crippen LogP contribution in [0.2, 0.25) is 0 Å². The highest BCUT2D eigenvalue weighted by Gasteiger charge is 2.18. The molecule has 1 aliphatic carbocycles. The number of aromatic nitrogens is 2. The smallest absolute Gasteiger partial charge is 0.160 e. The molecule has 0 bridgehead atoms. The van der Waals surface area contributed by atoms with Gasteiger partial charge in [0.2, 0.25) is 0 Å². The molecule has 44 heavy (non-hydrogen) atoms. The second-order valence-electron chi connectivity index (χ2n) is 11.3. The van der Waals surface area contributed by atoms with Crippen LogP contribution in [0.25, 0.3) is 81.6 Å². The number of thiophene rings is 1. The van der Waals surface area contributed by atoms with Gasteiger partial charge in [0, 0.05) is 32.0 Å². The van der Waals surface area contributed by atoms with Crippen molar-refractivity contribution < 1.29 is 4.42 Å². The molecule has 0 N–H and O–H groups in total. The molecule has 3 nitrogen and oxygen atoms in total. The summed E-state index contributed by atoms with van der Waals surface area (Å²) in [7, 11) is 0. The maximum atomic E-state index is 6.20. The van der Waals surface area contributed by atoms with E-state index in [1.807, 2.05) is 30.3 Å². The van der Waals surface area contributed by atoms with E-state index in [1.165, 1.54) is 15.8 Å². The van der Waals surface area contributed by atoms with E-state index < -0.39 is 0 Å². The van der Waals surface area contributed by atoms with Crippen LogP contribution in [-0.2, 0) is 0 Å². The Morgan fingerprint density at radius 3 is 2.23 bits per heavy atom. The lowest BCUT2D eigenvalue weighted by Gasteiger charge is -2.11. The zero-order chi connectivity index (χ0) is 29.0. The Hall–Kier alpha value is -5.32. The largest absolute Gasteiger partial charge is 0.456 e. The van der Waals surface area contributed by atoms with Crippen molar-refractivity contribution in [3.63, 3.8) is 0 Å². The van der Waals surface area contributed by atoms with Crippen molar-refractivity contribution in [1.82, 2.24) is 9.97 Å². The van der Waals surface area contributed by atoms with E-state index in [1.54, 1.807) is 11.3 Å². The summed E-state index contributed by atoms with van der Waals surface area (Å²) in [4.78, 5) is 10.4. The lowest BCUT2D eigenvalue weighted by atomic mass is 9.97. The van der Waals surface area contributed by atoms with E-state index in [0.29, 0.717) is 0 Å². The first-order chi connectivity index (χ1) is 21.8. The van der Waals surface area contributed by atoms with Crippen molar-refractivity contribution in [2.24, 2.45) is 0 Å². The van der Waals surface area contributed by atoms with E-state index in [9.17, 15) is 0 Å². The first kappa shape index (κ1) is 25.2. The van der Waals surface area contributed by atoms with E-state index in [-0.39, 0.29) is 0 Å². The van der Waals surface area contributed by atoms with Crippen LogP contribution >= 0.6 is 11.3 Å². The molecule has 0 amide bonds. The summed E-state index contributed by atoms with van der Waals surface area (Å²) >= 11 is 1.77. The summed E-state index contributed by atoms with van der Waals surface area (Å²) in [6.45, 7) is 0. The van der Waals surface area contributed by atoms with E-state index >= 15 is 0 Å². The van der Waals surface area contributed by atoms with Crippen molar-refractivity contribution in [2.45, 2.75) is 12.8 Å². The number of para-hydroxylation sites is 1. The molecular weight excluding hydrogens is 557 g/mol. The summed E-state index contributed by atoms with van der Waals surface area (Å²) in [5.74, 6) is 0.745. The molecule has 0 atom stereocenters. The summed E-state index contributed by atoms with van der Waals surface area (Å²) in [5.41, 5.74) is 10.7. The minimum atomic E-state index is 0.745. The summed E-state index contributed by atoms with van der Waals surface area (Å²) in [6, 6.07) is 40.5. The van der Waals surface area contributed by atoms with Gasteiger partial charge in [-0.15, -0.1) is 11.3 Å². The molecule has 3 aromatic heterocycles. The molecule has 3 heterocycles. The number of furan rings is 1. The molecule has 0 aliphatic heterocycles. The Balaban J connectivity index is 1.23. The molecule has 0 saturated heterocycles. The van der Waals surface area contributed by atoms with Gasteiger partial charge in [0.05, 0.1) is 15.9 Å². The average Bonchev–Trinajstić information content (AvgIpc) is 3.66. The summed E-state index contributed by atoms with van der Waals surface area (Å²) < 4.78 is 8.50. The third kappa shape index (κ3) is 4.18. The fourth-order valence-electron chi connectivity index (χ4n) is 6.31. The average molecular weight is 583 g/mol. The molecule has 5 aromatic carbocycles. The molecule has 1 aliphatic rings. The van der Waals surface area contributed by atoms with Crippen molar-refractivity contribution in [3.8, 4) is 33.8 Å². The number of hydrogen-bond acceptors (Lipinski definition) is 4. The second kappa shape index (κ2) is 10.1. The Morgan fingerprint density at radius 1 is 0.568 bits per heavy atom. The van der Waals surface area contributed by atoms with Crippen molar-refractivity contribution >= 4 is 59.2 Å². The predicted molar refractivity (Wildman–Crippen MR) is 185 cm³/mol. The standard InChI is InChI=1S/C40H26N2OS/c1-3-10-25(11-4-1)27-14-9-15-30(22-27)37-39-38(42-40(41-37)26-12-5-2-6-13-26)33-21-19-29(24-36(33)44-39)28-18-20-32-31-16-7-8-17-34(31)43-35(32)23-28/h2-3,5-24H,1,4H2. The number of rotatable bonds is 4. The van der Waals surface area contributed by atoms with Gasteiger partial charge in [-0.2, -0.15) is 0 Å². The summed E-state index contributed by atoms with van der Waals surface area (Å²) in [5, 5.41) is 3.44. The molecule has 8 aromatic rings. The van der Waals surface area contributed by atoms with E-state index in [0.717, 1.165) is 84.2 Å². The van der Waals surface area contributed by atoms with Crippen LogP contribution in [0, 0.1) is 0 Å². The number of nitrogens with zero attached hydrogens (tertiary/aromatic N) is 2. The second-order valence-corrected chi connectivity index (χ2v) is 12.3. The minimum absolute atomic E-state index is 0.745. The lowest BCUT2D eigenvalue weighted by Crippen LogP contribution is -1.94. The van der Waals surface area contributed by atoms with Gasteiger partial charge >= 0.3 is 0 Å². The maximum Gasteiger partial charge on any atom is 0.160 e. The monoisotopic (exact) mass is 582 g/mol. The van der Waals surface area contributed by atoms with Crippen LogP contribution in [0.5, 0.6) is 0 Å². The molecular formula is C40H26N2OS. The number of benzene rings is 5. The maximum absolute atomic E-state index is 6.20. The van der Waals surface area contributed by atoms with Gasteiger partial charge in [-0.05, 0) is 65.4 Å². The highest BCUT2D eigenvalue weighted by Crippen LogP contribution is 2.42. The van der Waals surface area contributed by atoms with Crippen LogP contribution in [-0.4, -0.2) is 9.97 Å². The SMILES string of the molecule is C1=CC(c2cccc(-c3nc(-c4ccccc4)nc4c3sc3cc(-c5ccc6c(c5)oc5ccccc56)ccc34)c2)=CCC1. The predicted octanol–water partition coefficient (Wildman–Crippen LogP) is 11.5. The fourth-order valence-corrected chi connectivity index (χ4v) is 7.51. The molecule has 0 fully saturated rings. The van der Waals surface area contributed by atoms with Gasteiger partial charge in [-0.1, -0.05) is 103 Å². The first-order valence-electron chi connectivity index (χ1n) is 15.0. The van der Waals surface area contributed by atoms with Crippen LogP contribution in [0.15, 0.2) is 138 Å². The normalized spacial score (nSPS) is 13.3. The fraction of sp³-hybridized carbons (Fsp3) is 0.0500. The zero-order valence-corrected chi connectivity index (χ0v) is 24.6. The zero-order valence-electron chi connectivity index (χ0n) is 23.8. The van der Waals surface area contributed by atoms with Gasteiger partial charge in [0.25, 0.3) is 0 Å². The highest BCUT2D eigenvalue weighted by molar-refractivity contribution is 7.26. The van der Waals surface area contributed by atoms with Gasteiger partial charge in [0.15, 0.2) is 5.82 Å². The molecule has 0 saturated carbocycles. The van der Waals surface area contributed by atoms with Crippen LogP contribution in [0.3, 0.4) is 0 Å². The van der Waals surface area contributed by atoms with E-state index in [4.69, 9.17) is 14.4 Å². The third-order valence-corrected chi connectivity index (χ3v) is 9.67. The Kier molecular flexibility index (Phi) is 5.81. The third-order valence-electron chi connectivity index (χ3n) is 8.52. The van der Waals surface area contributed by atoms with Gasteiger partial charge in [-0.3, -0.25) is 0 Å². The van der Waals surface area contributed by atoms with Crippen LogP contribution in [0.1, 0.15) is 18.4 Å². The van der Waals surface area contributed by atoms with Crippen molar-refractivity contribution in [3.05, 3.63) is 139 Å². The Bertz CT molecular complexity index is 2450. The van der Waals surface area contributed by atoms with Crippen molar-refractivity contribution in [2.75, 3.05) is 0 Å². The highest BCUT2D eigenvalue weighted by atomic mass is 32.1. The topological polar surface area (TPSA) is 38.9 Å². The molecule has 4 heteroatoms. The molecule has 0 radical (unpaired) electrons. The van der Waals surface area contributed by atoms with Crippen LogP contribution in [0.4, 0.5) is 0 Å². The van der Waals surface area contributed by atoms with Crippen LogP contribution < -0.4 is 0 Å². The van der Waals surface area contributed by atoms with Gasteiger partial charge in [0.1, 0.15) is 11.2 Å². The molecule has 208 valence electrons. The number of fused-ring (bicyclic) bond motifs is 6. The van der Waals surface area contributed by atoms with Gasteiger partial charge in [-0.25, -0.2) is 9.97 Å². The minimum Gasteiger partial charge on any atom is -0.456 e. The lowest BCUT2D eigenvalue weighted by molar-refractivity contribution is 0.669.